The van der Waals surface area contributed by atoms with Crippen molar-refractivity contribution in [2.75, 3.05) is 20.3 Å². The van der Waals surface area contributed by atoms with Crippen LogP contribution in [0, 0.1) is 0 Å². The van der Waals surface area contributed by atoms with E-state index in [1.165, 1.54) is 12.6 Å². The van der Waals surface area contributed by atoms with Gasteiger partial charge in [-0.1, -0.05) is 11.6 Å². The number of carbonyl (C=O) groups is 1. The summed E-state index contributed by atoms with van der Waals surface area (Å²) in [5, 5.41) is 1.51. The molecule has 3 N–H and O–H groups in total. The van der Waals surface area contributed by atoms with Crippen LogP contribution in [0.5, 0.6) is 0 Å². The fraction of sp³-hybridized carbons (Fsp3) is 0.471. The first-order chi connectivity index (χ1) is 11.8. The predicted octanol–water partition coefficient (Wildman–Crippen LogP) is 1.85. The van der Waals surface area contributed by atoms with E-state index in [0.717, 1.165) is 12.1 Å². The molecule has 0 radical (unpaired) electrons. The Morgan fingerprint density at radius 1 is 1.56 bits per heavy atom. The van der Waals surface area contributed by atoms with E-state index in [-0.39, 0.29) is 17.5 Å². The molecule has 3 heterocycles. The lowest BCUT2D eigenvalue weighted by Crippen LogP contribution is -2.48. The standard InChI is InChI=1S/C11H12ClN3O2.C6H11NO/c1-17-5-9(13)7-3-15-11(16)8-4-14-10(12)2-6(7)8;1-5-3-4-7(5)6(2)8/h2-4,9H,5,13H2,1H3,(H,15,16);5H,3-4H2,1-2H3. The van der Waals surface area contributed by atoms with E-state index >= 15 is 0 Å². The van der Waals surface area contributed by atoms with Crippen molar-refractivity contribution in [1.29, 1.82) is 0 Å². The minimum absolute atomic E-state index is 0.211. The molecule has 1 amide bonds. The van der Waals surface area contributed by atoms with E-state index in [1.54, 1.807) is 26.3 Å². The average molecular weight is 367 g/mol. The van der Waals surface area contributed by atoms with Gasteiger partial charge in [-0.25, -0.2) is 4.98 Å². The summed E-state index contributed by atoms with van der Waals surface area (Å²) in [5.41, 5.74) is 6.53. The van der Waals surface area contributed by atoms with Gasteiger partial charge in [-0.15, -0.1) is 0 Å². The lowest BCUT2D eigenvalue weighted by atomic mass is 10.0. The number of pyridine rings is 2. The molecule has 0 bridgehead atoms. The number of hydrogen-bond donors (Lipinski definition) is 2. The van der Waals surface area contributed by atoms with Gasteiger partial charge in [0.25, 0.3) is 5.56 Å². The molecule has 2 unspecified atom stereocenters. The van der Waals surface area contributed by atoms with Gasteiger partial charge >= 0.3 is 0 Å². The Morgan fingerprint density at radius 3 is 2.76 bits per heavy atom. The van der Waals surface area contributed by atoms with Gasteiger partial charge in [0.1, 0.15) is 5.15 Å². The number of rotatable bonds is 3. The molecule has 25 heavy (non-hydrogen) atoms. The number of carbonyl (C=O) groups excluding carboxylic acids is 1. The number of methoxy groups -OCH3 is 1. The molecule has 0 spiro atoms. The van der Waals surface area contributed by atoms with Crippen molar-refractivity contribution >= 4 is 28.3 Å². The maximum Gasteiger partial charge on any atom is 0.257 e. The Balaban J connectivity index is 0.000000236. The first kappa shape index (κ1) is 19.4. The number of fused-ring (bicyclic) bond motifs is 1. The second-order valence-corrected chi connectivity index (χ2v) is 6.42. The van der Waals surface area contributed by atoms with Crippen LogP contribution in [0.15, 0.2) is 23.3 Å². The summed E-state index contributed by atoms with van der Waals surface area (Å²) >= 11 is 5.83. The summed E-state index contributed by atoms with van der Waals surface area (Å²) in [5.74, 6) is 0.212. The first-order valence-corrected chi connectivity index (χ1v) is 8.41. The van der Waals surface area contributed by atoms with Crippen molar-refractivity contribution in [3.63, 3.8) is 0 Å². The number of nitrogens with one attached hydrogen (secondary N) is 1. The van der Waals surface area contributed by atoms with Gasteiger partial charge in [-0.3, -0.25) is 9.59 Å². The number of H-pyrrole nitrogens is 1. The number of aromatic amines is 1. The van der Waals surface area contributed by atoms with E-state index in [2.05, 4.69) is 16.9 Å². The molecule has 1 saturated heterocycles. The Morgan fingerprint density at radius 2 is 2.28 bits per heavy atom. The summed E-state index contributed by atoms with van der Waals surface area (Å²) in [6.07, 6.45) is 4.21. The third kappa shape index (κ3) is 4.56. The Kier molecular flexibility index (Phi) is 6.52. The number of nitrogens with zero attached hydrogens (tertiary/aromatic N) is 2. The second-order valence-electron chi connectivity index (χ2n) is 6.04. The van der Waals surface area contributed by atoms with Crippen LogP contribution in [0.2, 0.25) is 5.15 Å². The molecule has 0 aliphatic carbocycles. The minimum Gasteiger partial charge on any atom is -0.383 e. The number of ether oxygens (including phenoxy) is 1. The molecule has 0 aromatic carbocycles. The van der Waals surface area contributed by atoms with Crippen LogP contribution in [0.4, 0.5) is 0 Å². The van der Waals surface area contributed by atoms with Gasteiger partial charge in [0.2, 0.25) is 5.91 Å². The van der Waals surface area contributed by atoms with Crippen molar-refractivity contribution in [3.05, 3.63) is 39.5 Å². The zero-order valence-corrected chi connectivity index (χ0v) is 15.3. The number of amides is 1. The molecule has 3 rings (SSSR count). The van der Waals surface area contributed by atoms with Crippen LogP contribution in [0.3, 0.4) is 0 Å². The van der Waals surface area contributed by atoms with E-state index in [1.807, 2.05) is 4.90 Å². The highest BCUT2D eigenvalue weighted by Crippen LogP contribution is 2.22. The molecule has 0 saturated carbocycles. The zero-order valence-electron chi connectivity index (χ0n) is 14.6. The third-order valence-corrected chi connectivity index (χ3v) is 4.46. The highest BCUT2D eigenvalue weighted by molar-refractivity contribution is 6.30. The van der Waals surface area contributed by atoms with Gasteiger partial charge in [0, 0.05) is 39.0 Å². The summed E-state index contributed by atoms with van der Waals surface area (Å²) in [4.78, 5) is 30.6. The highest BCUT2D eigenvalue weighted by atomic mass is 35.5. The number of halogens is 1. The summed E-state index contributed by atoms with van der Waals surface area (Å²) < 4.78 is 5.00. The smallest absolute Gasteiger partial charge is 0.257 e. The Labute approximate surface area is 151 Å². The fourth-order valence-corrected chi connectivity index (χ4v) is 2.87. The van der Waals surface area contributed by atoms with Crippen LogP contribution in [0.25, 0.3) is 10.8 Å². The van der Waals surface area contributed by atoms with Gasteiger partial charge in [0.05, 0.1) is 18.0 Å². The highest BCUT2D eigenvalue weighted by Gasteiger charge is 2.24. The van der Waals surface area contributed by atoms with Crippen molar-refractivity contribution in [3.8, 4) is 0 Å². The third-order valence-electron chi connectivity index (χ3n) is 4.25. The van der Waals surface area contributed by atoms with Crippen LogP contribution in [-0.4, -0.2) is 47.1 Å². The molecule has 136 valence electrons. The van der Waals surface area contributed by atoms with Crippen LogP contribution < -0.4 is 11.3 Å². The lowest BCUT2D eigenvalue weighted by molar-refractivity contribution is -0.135. The molecule has 2 aromatic rings. The quantitative estimate of drug-likeness (QED) is 0.807. The molecule has 1 aliphatic rings. The monoisotopic (exact) mass is 366 g/mol. The van der Waals surface area contributed by atoms with E-state index in [0.29, 0.717) is 28.6 Å². The number of hydrogen-bond acceptors (Lipinski definition) is 5. The summed E-state index contributed by atoms with van der Waals surface area (Å²) in [6, 6.07) is 1.82. The second kappa shape index (κ2) is 8.42. The number of likely N-dealkylation sites (tertiary alicyclic amines) is 1. The fourth-order valence-electron chi connectivity index (χ4n) is 2.71. The van der Waals surface area contributed by atoms with Gasteiger partial charge in [-0.05, 0) is 30.4 Å². The average Bonchev–Trinajstić information content (AvgIpc) is 2.53. The van der Waals surface area contributed by atoms with Crippen molar-refractivity contribution in [1.82, 2.24) is 14.9 Å². The van der Waals surface area contributed by atoms with E-state index < -0.39 is 0 Å². The van der Waals surface area contributed by atoms with Crippen molar-refractivity contribution < 1.29 is 9.53 Å². The van der Waals surface area contributed by atoms with Gasteiger partial charge in [-0.2, -0.15) is 0 Å². The molecule has 1 fully saturated rings. The summed E-state index contributed by atoms with van der Waals surface area (Å²) in [7, 11) is 1.57. The SMILES string of the molecule is CC(=O)N1CCC1C.COCC(N)c1c[nH]c(=O)c2cnc(Cl)cc12. The van der Waals surface area contributed by atoms with Gasteiger partial charge < -0.3 is 20.4 Å². The van der Waals surface area contributed by atoms with Crippen molar-refractivity contribution in [2.24, 2.45) is 5.73 Å². The number of aromatic nitrogens is 2. The predicted molar refractivity (Wildman–Crippen MR) is 97.6 cm³/mol. The molecule has 2 atom stereocenters. The van der Waals surface area contributed by atoms with Gasteiger partial charge in [0.15, 0.2) is 0 Å². The summed E-state index contributed by atoms with van der Waals surface area (Å²) in [6.45, 7) is 5.03. The number of nitrogens with two attached hydrogens (primary N) is 1. The minimum atomic E-state index is -0.321. The molecule has 8 heteroatoms. The first-order valence-electron chi connectivity index (χ1n) is 8.03. The van der Waals surface area contributed by atoms with E-state index in [4.69, 9.17) is 22.1 Å². The normalized spacial score (nSPS) is 17.5. The Hall–Kier alpha value is -1.96. The van der Waals surface area contributed by atoms with E-state index in [9.17, 15) is 9.59 Å². The van der Waals surface area contributed by atoms with Crippen LogP contribution in [0.1, 0.15) is 31.9 Å². The van der Waals surface area contributed by atoms with Crippen molar-refractivity contribution in [2.45, 2.75) is 32.4 Å². The lowest BCUT2D eigenvalue weighted by Gasteiger charge is -2.37. The maximum absolute atomic E-state index is 11.6. The van der Waals surface area contributed by atoms with Crippen LogP contribution in [-0.2, 0) is 9.53 Å². The molecule has 2 aromatic heterocycles. The molecule has 7 nitrogen and oxygen atoms in total. The largest absolute Gasteiger partial charge is 0.383 e. The molecular formula is C17H23ClN4O3. The molecule has 1 aliphatic heterocycles. The van der Waals surface area contributed by atoms with Crippen LogP contribution >= 0.6 is 11.6 Å². The maximum atomic E-state index is 11.6. The zero-order chi connectivity index (χ0) is 18.6. The topological polar surface area (TPSA) is 101 Å². The Bertz CT molecular complexity index is 808. The molecular weight excluding hydrogens is 344 g/mol.